The molecule has 0 radical (unpaired) electrons. The molecule has 8 heteroatoms. The van der Waals surface area contributed by atoms with Gasteiger partial charge in [-0.05, 0) is 20.8 Å². The predicted octanol–water partition coefficient (Wildman–Crippen LogP) is 0.647. The minimum atomic E-state index is -1.99. The van der Waals surface area contributed by atoms with Gasteiger partial charge in [0.05, 0.1) is 12.6 Å². The lowest BCUT2D eigenvalue weighted by Crippen LogP contribution is -2.49. The Morgan fingerprint density at radius 3 is 2.68 bits per heavy atom. The normalized spacial score (nSPS) is 15.4. The van der Waals surface area contributed by atoms with Gasteiger partial charge in [-0.3, -0.25) is 0 Å². The number of aliphatic carboxylic acids is 1. The molecule has 0 aliphatic rings. The first-order chi connectivity index (χ1) is 8.72. The molecule has 0 aliphatic heterocycles. The maximum absolute atomic E-state index is 11.6. The van der Waals surface area contributed by atoms with Crippen molar-refractivity contribution in [3.05, 3.63) is 16.1 Å². The number of nitrogens with zero attached hydrogens (tertiary/aromatic N) is 1. The summed E-state index contributed by atoms with van der Waals surface area (Å²) in [7, 11) is 0. The molecule has 1 rings (SSSR count). The van der Waals surface area contributed by atoms with E-state index in [0.29, 0.717) is 0 Å². The monoisotopic (exact) mass is 287 g/mol. The van der Waals surface area contributed by atoms with Crippen LogP contribution in [0.3, 0.4) is 0 Å². The van der Waals surface area contributed by atoms with Crippen molar-refractivity contribution >= 4 is 23.3 Å². The Morgan fingerprint density at radius 2 is 2.21 bits per heavy atom. The lowest BCUT2D eigenvalue weighted by atomic mass is 10.1. The van der Waals surface area contributed by atoms with Gasteiger partial charge in [-0.2, -0.15) is 0 Å². The fourth-order valence-electron chi connectivity index (χ4n) is 1.21. The summed E-state index contributed by atoms with van der Waals surface area (Å²) in [5.74, 6) is -1.39. The second-order valence-electron chi connectivity index (χ2n) is 4.45. The van der Waals surface area contributed by atoms with Gasteiger partial charge in [0.25, 0.3) is 0 Å². The third-order valence-electron chi connectivity index (χ3n) is 2.41. The molecular weight excluding hydrogens is 270 g/mol. The van der Waals surface area contributed by atoms with Crippen molar-refractivity contribution in [1.82, 2.24) is 15.6 Å². The Bertz CT molecular complexity index is 472. The Hall–Kier alpha value is -1.67. The van der Waals surface area contributed by atoms with Crippen molar-refractivity contribution in [1.29, 1.82) is 0 Å². The quantitative estimate of drug-likeness (QED) is 0.635. The van der Waals surface area contributed by atoms with Gasteiger partial charge >= 0.3 is 12.0 Å². The van der Waals surface area contributed by atoms with E-state index in [0.717, 1.165) is 17.6 Å². The predicted molar refractivity (Wildman–Crippen MR) is 70.1 cm³/mol. The van der Waals surface area contributed by atoms with Gasteiger partial charge in [-0.15, -0.1) is 11.3 Å². The zero-order valence-electron chi connectivity index (χ0n) is 10.9. The molecule has 0 saturated heterocycles. The highest BCUT2D eigenvalue weighted by molar-refractivity contribution is 7.09. The van der Waals surface area contributed by atoms with Crippen LogP contribution < -0.4 is 10.6 Å². The van der Waals surface area contributed by atoms with Crippen LogP contribution in [0.25, 0.3) is 0 Å². The van der Waals surface area contributed by atoms with Gasteiger partial charge in [0.2, 0.25) is 0 Å². The van der Waals surface area contributed by atoms with Crippen LogP contribution in [0.15, 0.2) is 5.38 Å². The van der Waals surface area contributed by atoms with Crippen molar-refractivity contribution in [2.24, 2.45) is 0 Å². The van der Waals surface area contributed by atoms with E-state index in [9.17, 15) is 14.7 Å². The molecule has 1 aromatic heterocycles. The summed E-state index contributed by atoms with van der Waals surface area (Å²) in [6.45, 7) is 4.37. The molecule has 106 valence electrons. The largest absolute Gasteiger partial charge is 0.479 e. The Balaban J connectivity index is 2.46. The second-order valence-corrected chi connectivity index (χ2v) is 5.34. The molecule has 0 saturated carbocycles. The molecule has 0 bridgehead atoms. The highest BCUT2D eigenvalue weighted by atomic mass is 32.1. The highest BCUT2D eigenvalue weighted by Crippen LogP contribution is 2.17. The van der Waals surface area contributed by atoms with E-state index in [2.05, 4.69) is 15.6 Å². The number of hydrogen-bond acceptors (Lipinski definition) is 5. The van der Waals surface area contributed by atoms with E-state index in [1.165, 1.54) is 11.3 Å². The van der Waals surface area contributed by atoms with Crippen LogP contribution in [0.5, 0.6) is 0 Å². The standard InChI is InChI=1S/C11H17N3O4S/c1-6-4-19-8(13-6)7(2)14-10(17)12-5-11(3,18)9(15)16/h4,7,18H,5H2,1-3H3,(H,15,16)(H2,12,14,17). The number of thiazole rings is 1. The summed E-state index contributed by atoms with van der Waals surface area (Å²) in [6.07, 6.45) is 0. The van der Waals surface area contributed by atoms with E-state index in [-0.39, 0.29) is 12.6 Å². The number of rotatable bonds is 5. The van der Waals surface area contributed by atoms with E-state index < -0.39 is 17.6 Å². The summed E-state index contributed by atoms with van der Waals surface area (Å²) >= 11 is 1.43. The molecule has 4 N–H and O–H groups in total. The summed E-state index contributed by atoms with van der Waals surface area (Å²) in [6, 6.07) is -0.838. The minimum absolute atomic E-state index is 0.284. The third-order valence-corrected chi connectivity index (χ3v) is 3.55. The lowest BCUT2D eigenvalue weighted by molar-refractivity contribution is -0.155. The fraction of sp³-hybridized carbons (Fsp3) is 0.545. The summed E-state index contributed by atoms with van der Waals surface area (Å²) in [5.41, 5.74) is -1.11. The Morgan fingerprint density at radius 1 is 1.58 bits per heavy atom. The van der Waals surface area contributed by atoms with Gasteiger partial charge in [-0.25, -0.2) is 14.6 Å². The SMILES string of the molecule is Cc1csc(C(C)NC(=O)NCC(C)(O)C(=O)O)n1. The number of carboxylic acid groups (broad SMARTS) is 1. The molecule has 1 aromatic rings. The van der Waals surface area contributed by atoms with Gasteiger partial charge < -0.3 is 20.8 Å². The molecule has 0 aromatic carbocycles. The first kappa shape index (κ1) is 15.4. The Kier molecular flexibility index (Phi) is 4.84. The highest BCUT2D eigenvalue weighted by Gasteiger charge is 2.30. The Labute approximate surface area is 114 Å². The molecule has 2 atom stereocenters. The summed E-state index contributed by atoms with van der Waals surface area (Å²) in [4.78, 5) is 26.4. The molecule has 0 spiro atoms. The zero-order chi connectivity index (χ0) is 14.6. The van der Waals surface area contributed by atoms with Gasteiger partial charge in [-0.1, -0.05) is 0 Å². The van der Waals surface area contributed by atoms with Gasteiger partial charge in [0.15, 0.2) is 5.60 Å². The molecule has 7 nitrogen and oxygen atoms in total. The van der Waals surface area contributed by atoms with Crippen molar-refractivity contribution in [2.75, 3.05) is 6.54 Å². The van der Waals surface area contributed by atoms with Crippen molar-refractivity contribution in [3.8, 4) is 0 Å². The first-order valence-corrected chi connectivity index (χ1v) is 6.52. The van der Waals surface area contributed by atoms with Crippen molar-refractivity contribution in [2.45, 2.75) is 32.4 Å². The fourth-order valence-corrected chi connectivity index (χ4v) is 2.01. The first-order valence-electron chi connectivity index (χ1n) is 5.64. The molecule has 0 aliphatic carbocycles. The number of carbonyl (C=O) groups excluding carboxylic acids is 1. The zero-order valence-corrected chi connectivity index (χ0v) is 11.7. The molecule has 19 heavy (non-hydrogen) atoms. The number of hydrogen-bond donors (Lipinski definition) is 4. The number of aryl methyl sites for hydroxylation is 1. The molecule has 0 fully saturated rings. The van der Waals surface area contributed by atoms with Gasteiger partial charge in [0.1, 0.15) is 5.01 Å². The van der Waals surface area contributed by atoms with Crippen LogP contribution in [0, 0.1) is 6.92 Å². The maximum Gasteiger partial charge on any atom is 0.337 e. The van der Waals surface area contributed by atoms with E-state index in [1.807, 2.05) is 12.3 Å². The van der Waals surface area contributed by atoms with Crippen molar-refractivity contribution in [3.63, 3.8) is 0 Å². The van der Waals surface area contributed by atoms with Crippen LogP contribution in [-0.4, -0.2) is 39.3 Å². The maximum atomic E-state index is 11.6. The summed E-state index contributed by atoms with van der Waals surface area (Å²) in [5, 5.41) is 25.7. The van der Waals surface area contributed by atoms with Crippen molar-refractivity contribution < 1.29 is 19.8 Å². The number of carbonyl (C=O) groups is 2. The molecule has 1 heterocycles. The number of carboxylic acids is 1. The number of urea groups is 1. The molecular formula is C11H17N3O4S. The second kappa shape index (κ2) is 5.98. The van der Waals surface area contributed by atoms with Crippen LogP contribution in [0.1, 0.15) is 30.6 Å². The summed E-state index contributed by atoms with van der Waals surface area (Å²) < 4.78 is 0. The number of nitrogens with one attached hydrogen (secondary N) is 2. The van der Waals surface area contributed by atoms with Gasteiger partial charge in [0, 0.05) is 11.1 Å². The van der Waals surface area contributed by atoms with Crippen LogP contribution >= 0.6 is 11.3 Å². The number of aromatic nitrogens is 1. The topological polar surface area (TPSA) is 112 Å². The number of aliphatic hydroxyl groups is 1. The number of amides is 2. The minimum Gasteiger partial charge on any atom is -0.479 e. The van der Waals surface area contributed by atoms with Crippen LogP contribution in [-0.2, 0) is 4.79 Å². The average Bonchev–Trinajstić information content (AvgIpc) is 2.73. The third kappa shape index (κ3) is 4.49. The molecule has 2 unspecified atom stereocenters. The van der Waals surface area contributed by atoms with E-state index >= 15 is 0 Å². The van der Waals surface area contributed by atoms with Crippen LogP contribution in [0.4, 0.5) is 4.79 Å². The van der Waals surface area contributed by atoms with E-state index in [1.54, 1.807) is 6.92 Å². The smallest absolute Gasteiger partial charge is 0.337 e. The molecule has 2 amide bonds. The average molecular weight is 287 g/mol. The van der Waals surface area contributed by atoms with Crippen LogP contribution in [0.2, 0.25) is 0 Å². The van der Waals surface area contributed by atoms with E-state index in [4.69, 9.17) is 5.11 Å². The lowest BCUT2D eigenvalue weighted by Gasteiger charge is -2.19.